The van der Waals surface area contributed by atoms with Crippen molar-refractivity contribution in [2.75, 3.05) is 11.1 Å². The fraction of sp³-hybridized carbons (Fsp3) is 0.133. The predicted molar refractivity (Wildman–Crippen MR) is 74.6 cm³/mol. The lowest BCUT2D eigenvalue weighted by molar-refractivity contribution is 1.26. The quantitative estimate of drug-likeness (QED) is 0.804. The molecule has 2 aromatic rings. The number of aryl methyl sites for hydroxylation is 1. The van der Waals surface area contributed by atoms with Crippen LogP contribution in [0.15, 0.2) is 42.5 Å². The number of nitrogens with zero attached hydrogens (tertiary/aromatic N) is 1. The van der Waals surface area contributed by atoms with E-state index in [9.17, 15) is 0 Å². The fourth-order valence-corrected chi connectivity index (χ4v) is 1.73. The number of hydrogen-bond acceptors (Lipinski definition) is 3. The van der Waals surface area contributed by atoms with Gasteiger partial charge in [0.25, 0.3) is 0 Å². The highest BCUT2D eigenvalue weighted by Crippen LogP contribution is 2.23. The molecule has 0 fully saturated rings. The Balaban J connectivity index is 2.18. The molecule has 0 radical (unpaired) electrons. The predicted octanol–water partition coefficient (Wildman–Crippen LogP) is 3.39. The monoisotopic (exact) mass is 237 g/mol. The molecular weight excluding hydrogens is 222 g/mol. The van der Waals surface area contributed by atoms with E-state index >= 15 is 0 Å². The van der Waals surface area contributed by atoms with E-state index in [2.05, 4.69) is 11.4 Å². The first-order valence-electron chi connectivity index (χ1n) is 5.78. The largest absolute Gasteiger partial charge is 0.399 e. The van der Waals surface area contributed by atoms with Crippen LogP contribution in [0.5, 0.6) is 0 Å². The van der Waals surface area contributed by atoms with E-state index in [-0.39, 0.29) is 0 Å². The van der Waals surface area contributed by atoms with Crippen LogP contribution < -0.4 is 11.1 Å². The molecule has 0 amide bonds. The van der Waals surface area contributed by atoms with Crippen LogP contribution in [0.2, 0.25) is 0 Å². The Kier molecular flexibility index (Phi) is 3.49. The van der Waals surface area contributed by atoms with Crippen molar-refractivity contribution >= 4 is 17.1 Å². The molecule has 0 aliphatic heterocycles. The van der Waals surface area contributed by atoms with Gasteiger partial charge in [0, 0.05) is 17.1 Å². The van der Waals surface area contributed by atoms with Gasteiger partial charge in [-0.05, 0) is 42.3 Å². The van der Waals surface area contributed by atoms with Crippen molar-refractivity contribution in [1.29, 1.82) is 5.26 Å². The van der Waals surface area contributed by atoms with Crippen molar-refractivity contribution in [3.63, 3.8) is 0 Å². The first-order chi connectivity index (χ1) is 8.69. The summed E-state index contributed by atoms with van der Waals surface area (Å²) in [6.45, 7) is 2.03. The molecule has 0 atom stereocenters. The minimum absolute atomic E-state index is 0.442. The van der Waals surface area contributed by atoms with Crippen LogP contribution in [0.1, 0.15) is 11.1 Å². The van der Waals surface area contributed by atoms with Crippen molar-refractivity contribution in [3.05, 3.63) is 53.6 Å². The van der Waals surface area contributed by atoms with Crippen LogP contribution in [0, 0.1) is 18.3 Å². The van der Waals surface area contributed by atoms with Crippen molar-refractivity contribution < 1.29 is 0 Å². The molecule has 3 N–H and O–H groups in total. The van der Waals surface area contributed by atoms with Crippen molar-refractivity contribution in [2.24, 2.45) is 0 Å². The maximum atomic E-state index is 8.61. The molecule has 0 aromatic heterocycles. The van der Waals surface area contributed by atoms with E-state index in [0.29, 0.717) is 6.42 Å². The van der Waals surface area contributed by atoms with E-state index in [1.807, 2.05) is 49.4 Å². The second-order valence-electron chi connectivity index (χ2n) is 4.23. The summed E-state index contributed by atoms with van der Waals surface area (Å²) in [6, 6.07) is 15.8. The molecular formula is C15H15N3. The van der Waals surface area contributed by atoms with Gasteiger partial charge in [-0.2, -0.15) is 5.26 Å². The van der Waals surface area contributed by atoms with Crippen LogP contribution in [0.4, 0.5) is 17.1 Å². The number of nitrogens with one attached hydrogen (secondary N) is 1. The first kappa shape index (κ1) is 12.0. The summed E-state index contributed by atoms with van der Waals surface area (Å²) in [5, 5.41) is 11.9. The molecule has 0 unspecified atom stereocenters. The lowest BCUT2D eigenvalue weighted by Gasteiger charge is -2.10. The molecule has 0 heterocycles. The van der Waals surface area contributed by atoms with Crippen molar-refractivity contribution in [2.45, 2.75) is 13.3 Å². The van der Waals surface area contributed by atoms with Gasteiger partial charge in [0.15, 0.2) is 0 Å². The molecule has 18 heavy (non-hydrogen) atoms. The molecule has 0 bridgehead atoms. The Bertz CT molecular complexity index is 580. The van der Waals surface area contributed by atoms with Gasteiger partial charge in [0.1, 0.15) is 0 Å². The van der Waals surface area contributed by atoms with Gasteiger partial charge in [0.2, 0.25) is 0 Å². The zero-order valence-corrected chi connectivity index (χ0v) is 10.3. The summed E-state index contributed by atoms with van der Waals surface area (Å²) >= 11 is 0. The lowest BCUT2D eigenvalue weighted by atomic mass is 10.1. The Morgan fingerprint density at radius 1 is 1.17 bits per heavy atom. The first-order valence-corrected chi connectivity index (χ1v) is 5.78. The van der Waals surface area contributed by atoms with Gasteiger partial charge in [0.05, 0.1) is 12.5 Å². The number of nitrogens with two attached hydrogens (primary N) is 1. The van der Waals surface area contributed by atoms with Crippen molar-refractivity contribution in [1.82, 2.24) is 0 Å². The average molecular weight is 237 g/mol. The molecule has 0 aliphatic carbocycles. The number of anilines is 3. The minimum Gasteiger partial charge on any atom is -0.399 e. The van der Waals surface area contributed by atoms with Gasteiger partial charge in [-0.15, -0.1) is 0 Å². The Labute approximate surface area is 107 Å². The van der Waals surface area contributed by atoms with Gasteiger partial charge in [-0.3, -0.25) is 0 Å². The summed E-state index contributed by atoms with van der Waals surface area (Å²) in [4.78, 5) is 0. The molecule has 3 heteroatoms. The SMILES string of the molecule is Cc1ccc(N)cc1Nc1ccc(CC#N)cc1. The van der Waals surface area contributed by atoms with Gasteiger partial charge in [-0.1, -0.05) is 18.2 Å². The topological polar surface area (TPSA) is 61.8 Å². The maximum absolute atomic E-state index is 8.61. The summed E-state index contributed by atoms with van der Waals surface area (Å²) in [6.07, 6.45) is 0.442. The number of rotatable bonds is 3. The van der Waals surface area contributed by atoms with E-state index in [4.69, 9.17) is 11.0 Å². The normalized spacial score (nSPS) is 9.78. The summed E-state index contributed by atoms with van der Waals surface area (Å²) in [5.41, 5.74) is 10.7. The molecule has 3 nitrogen and oxygen atoms in total. The number of nitriles is 1. The molecule has 0 spiro atoms. The van der Waals surface area contributed by atoms with E-state index < -0.39 is 0 Å². The number of nitrogen functional groups attached to an aromatic ring is 1. The zero-order valence-electron chi connectivity index (χ0n) is 10.3. The third-order valence-corrected chi connectivity index (χ3v) is 2.78. The van der Waals surface area contributed by atoms with E-state index in [1.54, 1.807) is 0 Å². The van der Waals surface area contributed by atoms with Crippen LogP contribution in [0.3, 0.4) is 0 Å². The minimum atomic E-state index is 0.442. The molecule has 2 rings (SSSR count). The molecule has 0 saturated carbocycles. The third kappa shape index (κ3) is 2.80. The summed E-state index contributed by atoms with van der Waals surface area (Å²) in [5.74, 6) is 0. The fourth-order valence-electron chi connectivity index (χ4n) is 1.73. The second kappa shape index (κ2) is 5.24. The van der Waals surface area contributed by atoms with E-state index in [1.165, 1.54) is 0 Å². The molecule has 2 aromatic carbocycles. The Hall–Kier alpha value is -2.47. The summed E-state index contributed by atoms with van der Waals surface area (Å²) < 4.78 is 0. The van der Waals surface area contributed by atoms with Crippen LogP contribution in [-0.4, -0.2) is 0 Å². The highest BCUT2D eigenvalue weighted by molar-refractivity contribution is 5.67. The van der Waals surface area contributed by atoms with Crippen LogP contribution in [-0.2, 0) is 6.42 Å². The standard InChI is InChI=1S/C15H15N3/c1-11-2-5-13(17)10-15(11)18-14-6-3-12(4-7-14)8-9-16/h2-7,10,18H,8,17H2,1H3. The smallest absolute Gasteiger partial charge is 0.0669 e. The highest BCUT2D eigenvalue weighted by Gasteiger charge is 2.00. The molecule has 0 saturated heterocycles. The number of hydrogen-bond donors (Lipinski definition) is 2. The van der Waals surface area contributed by atoms with Crippen LogP contribution >= 0.6 is 0 Å². The molecule has 90 valence electrons. The maximum Gasteiger partial charge on any atom is 0.0669 e. The number of benzene rings is 2. The third-order valence-electron chi connectivity index (χ3n) is 2.78. The lowest BCUT2D eigenvalue weighted by Crippen LogP contribution is -1.95. The highest BCUT2D eigenvalue weighted by atomic mass is 14.9. The summed E-state index contributed by atoms with van der Waals surface area (Å²) in [7, 11) is 0. The van der Waals surface area contributed by atoms with Crippen molar-refractivity contribution in [3.8, 4) is 6.07 Å². The van der Waals surface area contributed by atoms with Crippen LogP contribution in [0.25, 0.3) is 0 Å². The Morgan fingerprint density at radius 3 is 2.56 bits per heavy atom. The average Bonchev–Trinajstić information content (AvgIpc) is 2.37. The van der Waals surface area contributed by atoms with Gasteiger partial charge < -0.3 is 11.1 Å². The van der Waals surface area contributed by atoms with E-state index in [0.717, 1.165) is 28.2 Å². The van der Waals surface area contributed by atoms with Gasteiger partial charge in [-0.25, -0.2) is 0 Å². The molecule has 0 aliphatic rings. The Morgan fingerprint density at radius 2 is 1.89 bits per heavy atom. The van der Waals surface area contributed by atoms with Gasteiger partial charge >= 0.3 is 0 Å². The second-order valence-corrected chi connectivity index (χ2v) is 4.23. The zero-order chi connectivity index (χ0) is 13.0.